The summed E-state index contributed by atoms with van der Waals surface area (Å²) in [4.78, 5) is 13.9. The number of nitrogens with zero attached hydrogens (tertiary/aromatic N) is 5. The molecule has 9 nitrogen and oxygen atoms in total. The van der Waals surface area contributed by atoms with Crippen LogP contribution in [0, 0.1) is 6.92 Å². The maximum absolute atomic E-state index is 12.1. The summed E-state index contributed by atoms with van der Waals surface area (Å²) >= 11 is 0. The Morgan fingerprint density at radius 2 is 2.11 bits per heavy atom. The lowest BCUT2D eigenvalue weighted by Crippen LogP contribution is -2.32. The van der Waals surface area contributed by atoms with Gasteiger partial charge in [0.25, 0.3) is 0 Å². The van der Waals surface area contributed by atoms with Gasteiger partial charge in [-0.1, -0.05) is 24.8 Å². The Hall–Kier alpha value is -4.11. The molecule has 4 aromatic rings. The molecule has 190 valence electrons. The molecule has 0 unspecified atom stereocenters. The van der Waals surface area contributed by atoms with Crippen molar-refractivity contribution in [3.05, 3.63) is 77.3 Å². The number of aromatic nitrogens is 4. The SMILES string of the molecule is C=CC(=O)N1CCc2c(C)c(-c3cc(OCc4cccc5c4COC5)c4c(OC)cnn4c3)nn2CC1. The smallest absolute Gasteiger partial charge is 0.246 e. The zero-order valence-electron chi connectivity index (χ0n) is 21.1. The molecule has 0 saturated carbocycles. The van der Waals surface area contributed by atoms with Gasteiger partial charge in [0.1, 0.15) is 12.4 Å². The number of benzene rings is 1. The Morgan fingerprint density at radius 1 is 1.22 bits per heavy atom. The van der Waals surface area contributed by atoms with Gasteiger partial charge < -0.3 is 19.1 Å². The number of pyridine rings is 1. The van der Waals surface area contributed by atoms with Crippen molar-refractivity contribution < 1.29 is 19.0 Å². The van der Waals surface area contributed by atoms with Crippen molar-refractivity contribution in [3.8, 4) is 22.8 Å². The molecule has 0 N–H and O–H groups in total. The predicted molar refractivity (Wildman–Crippen MR) is 137 cm³/mol. The van der Waals surface area contributed by atoms with Crippen LogP contribution in [0.3, 0.4) is 0 Å². The predicted octanol–water partition coefficient (Wildman–Crippen LogP) is 3.69. The first kappa shape index (κ1) is 23.3. The van der Waals surface area contributed by atoms with Gasteiger partial charge in [0.15, 0.2) is 11.3 Å². The summed E-state index contributed by atoms with van der Waals surface area (Å²) in [5.74, 6) is 1.28. The molecule has 2 aliphatic rings. The van der Waals surface area contributed by atoms with Gasteiger partial charge in [0.05, 0.1) is 38.8 Å². The van der Waals surface area contributed by atoms with Crippen LogP contribution in [0.1, 0.15) is 27.9 Å². The van der Waals surface area contributed by atoms with Crippen LogP contribution >= 0.6 is 0 Å². The van der Waals surface area contributed by atoms with Crippen molar-refractivity contribution in [2.75, 3.05) is 20.2 Å². The third kappa shape index (κ3) is 4.05. The number of amides is 1. The van der Waals surface area contributed by atoms with Crippen LogP contribution in [0.4, 0.5) is 0 Å². The number of ether oxygens (including phenoxy) is 3. The molecule has 1 aromatic carbocycles. The second kappa shape index (κ2) is 9.40. The summed E-state index contributed by atoms with van der Waals surface area (Å²) in [5.41, 5.74) is 8.32. The summed E-state index contributed by atoms with van der Waals surface area (Å²) in [6, 6.07) is 8.24. The fourth-order valence-corrected chi connectivity index (χ4v) is 5.29. The summed E-state index contributed by atoms with van der Waals surface area (Å²) < 4.78 is 21.4. The first-order chi connectivity index (χ1) is 18.1. The van der Waals surface area contributed by atoms with E-state index >= 15 is 0 Å². The second-order valence-electron chi connectivity index (χ2n) is 9.36. The fraction of sp³-hybridized carbons (Fsp3) is 0.321. The molecule has 5 heterocycles. The highest BCUT2D eigenvalue weighted by Crippen LogP contribution is 2.36. The third-order valence-corrected chi connectivity index (χ3v) is 7.30. The number of hydrogen-bond acceptors (Lipinski definition) is 6. The van der Waals surface area contributed by atoms with Crippen LogP contribution in [0.5, 0.6) is 11.5 Å². The Labute approximate surface area is 214 Å². The fourth-order valence-electron chi connectivity index (χ4n) is 5.29. The van der Waals surface area contributed by atoms with E-state index in [0.717, 1.165) is 40.0 Å². The summed E-state index contributed by atoms with van der Waals surface area (Å²) in [5, 5.41) is 9.47. The molecular formula is C28H29N5O4. The van der Waals surface area contributed by atoms with Crippen molar-refractivity contribution in [1.82, 2.24) is 24.3 Å². The molecule has 9 heteroatoms. The highest BCUT2D eigenvalue weighted by Gasteiger charge is 2.24. The minimum absolute atomic E-state index is 0.0425. The van der Waals surface area contributed by atoms with Gasteiger partial charge in [-0.3, -0.25) is 9.48 Å². The van der Waals surface area contributed by atoms with E-state index in [1.165, 1.54) is 17.2 Å². The molecule has 2 aliphatic heterocycles. The van der Waals surface area contributed by atoms with E-state index in [1.54, 1.807) is 17.8 Å². The molecule has 0 bridgehead atoms. The normalized spacial score (nSPS) is 14.8. The highest BCUT2D eigenvalue weighted by atomic mass is 16.5. The molecule has 3 aromatic heterocycles. The molecule has 0 fully saturated rings. The first-order valence-corrected chi connectivity index (χ1v) is 12.4. The first-order valence-electron chi connectivity index (χ1n) is 12.4. The van der Waals surface area contributed by atoms with E-state index in [-0.39, 0.29) is 5.91 Å². The summed E-state index contributed by atoms with van der Waals surface area (Å²) in [6.07, 6.45) is 5.76. The Kier molecular flexibility index (Phi) is 5.92. The topological polar surface area (TPSA) is 83.1 Å². The van der Waals surface area contributed by atoms with Gasteiger partial charge in [-0.25, -0.2) is 4.52 Å². The molecule has 0 atom stereocenters. The zero-order valence-corrected chi connectivity index (χ0v) is 21.1. The van der Waals surface area contributed by atoms with Gasteiger partial charge in [0, 0.05) is 37.0 Å². The number of rotatable bonds is 6. The lowest BCUT2D eigenvalue weighted by atomic mass is 10.0. The van der Waals surface area contributed by atoms with E-state index in [9.17, 15) is 4.79 Å². The maximum atomic E-state index is 12.1. The molecule has 0 saturated heterocycles. The largest absolute Gasteiger partial charge is 0.493 e. The van der Waals surface area contributed by atoms with Crippen LogP contribution in [-0.4, -0.2) is 50.4 Å². The number of hydrogen-bond donors (Lipinski definition) is 0. The minimum Gasteiger partial charge on any atom is -0.493 e. The number of carbonyl (C=O) groups is 1. The van der Waals surface area contributed by atoms with E-state index in [2.05, 4.69) is 30.7 Å². The lowest BCUT2D eigenvalue weighted by Gasteiger charge is -2.17. The quantitative estimate of drug-likeness (QED) is 0.376. The Balaban J connectivity index is 1.36. The zero-order chi connectivity index (χ0) is 25.5. The van der Waals surface area contributed by atoms with E-state index < -0.39 is 0 Å². The van der Waals surface area contributed by atoms with Crippen LogP contribution in [-0.2, 0) is 42.3 Å². The van der Waals surface area contributed by atoms with Crippen LogP contribution in [0.2, 0.25) is 0 Å². The van der Waals surface area contributed by atoms with E-state index in [4.69, 9.17) is 19.3 Å². The van der Waals surface area contributed by atoms with Gasteiger partial charge >= 0.3 is 0 Å². The van der Waals surface area contributed by atoms with E-state index in [0.29, 0.717) is 51.0 Å². The molecule has 0 radical (unpaired) electrons. The average Bonchev–Trinajstić information content (AvgIpc) is 3.60. The summed E-state index contributed by atoms with van der Waals surface area (Å²) in [6.45, 7) is 9.25. The molecule has 0 spiro atoms. The maximum Gasteiger partial charge on any atom is 0.246 e. The van der Waals surface area contributed by atoms with Crippen molar-refractivity contribution in [2.45, 2.75) is 39.7 Å². The molecule has 0 aliphatic carbocycles. The minimum atomic E-state index is -0.0425. The van der Waals surface area contributed by atoms with Crippen molar-refractivity contribution in [2.24, 2.45) is 0 Å². The molecule has 37 heavy (non-hydrogen) atoms. The second-order valence-corrected chi connectivity index (χ2v) is 9.36. The number of carbonyl (C=O) groups excluding carboxylic acids is 1. The molecular weight excluding hydrogens is 470 g/mol. The monoisotopic (exact) mass is 499 g/mol. The lowest BCUT2D eigenvalue weighted by molar-refractivity contribution is -0.126. The van der Waals surface area contributed by atoms with Crippen molar-refractivity contribution in [1.29, 1.82) is 0 Å². The van der Waals surface area contributed by atoms with Crippen LogP contribution in [0.25, 0.3) is 16.8 Å². The van der Waals surface area contributed by atoms with Crippen molar-refractivity contribution >= 4 is 11.4 Å². The van der Waals surface area contributed by atoms with Crippen LogP contribution in [0.15, 0.2) is 49.3 Å². The highest BCUT2D eigenvalue weighted by molar-refractivity contribution is 5.87. The average molecular weight is 500 g/mol. The van der Waals surface area contributed by atoms with Crippen LogP contribution < -0.4 is 9.47 Å². The molecule has 6 rings (SSSR count). The van der Waals surface area contributed by atoms with Gasteiger partial charge in [-0.2, -0.15) is 10.2 Å². The van der Waals surface area contributed by atoms with Crippen molar-refractivity contribution in [3.63, 3.8) is 0 Å². The van der Waals surface area contributed by atoms with E-state index in [1.807, 2.05) is 27.9 Å². The van der Waals surface area contributed by atoms with Gasteiger partial charge in [0.2, 0.25) is 5.91 Å². The Morgan fingerprint density at radius 3 is 2.95 bits per heavy atom. The number of fused-ring (bicyclic) bond motifs is 3. The molecule has 1 amide bonds. The van der Waals surface area contributed by atoms with Gasteiger partial charge in [-0.05, 0) is 41.3 Å². The Bertz CT molecular complexity index is 1520. The van der Waals surface area contributed by atoms with Gasteiger partial charge in [-0.15, -0.1) is 0 Å². The third-order valence-electron chi connectivity index (χ3n) is 7.30. The number of methoxy groups -OCH3 is 1. The summed E-state index contributed by atoms with van der Waals surface area (Å²) in [7, 11) is 1.63. The standard InChI is InChI=1S/C28H29N5O4/c1-4-26(34)31-9-8-23-18(2)27(30-32(23)11-10-31)21-12-24(28-25(35-3)13-29-33(28)14-21)37-16-20-7-5-6-19-15-36-17-22(19)20/h4-7,12-14H,1,8-11,15-17H2,2-3H3.